The van der Waals surface area contributed by atoms with Crippen LogP contribution in [0.1, 0.15) is 47.0 Å². The Labute approximate surface area is 114 Å². The second-order valence-corrected chi connectivity index (χ2v) is 6.84. The molecule has 2 nitrogen and oxygen atoms in total. The van der Waals surface area contributed by atoms with Crippen molar-refractivity contribution in [2.45, 2.75) is 47.0 Å². The Morgan fingerprint density at radius 2 is 1.83 bits per heavy atom. The average Bonchev–Trinajstić information content (AvgIpc) is 2.30. The van der Waals surface area contributed by atoms with Gasteiger partial charge in [0.05, 0.1) is 0 Å². The zero-order chi connectivity index (χ0) is 13.5. The highest BCUT2D eigenvalue weighted by atomic mass is 16.5. The molecule has 0 aromatic heterocycles. The van der Waals surface area contributed by atoms with Crippen LogP contribution >= 0.6 is 0 Å². The van der Waals surface area contributed by atoms with Crippen molar-refractivity contribution in [2.24, 2.45) is 29.6 Å². The molecule has 0 aromatic rings. The molecule has 2 heteroatoms. The van der Waals surface area contributed by atoms with E-state index >= 15 is 0 Å². The third-order valence-electron chi connectivity index (χ3n) is 4.46. The molecule has 1 aliphatic carbocycles. The topological polar surface area (TPSA) is 21.3 Å². The summed E-state index contributed by atoms with van der Waals surface area (Å²) < 4.78 is 5.44. The minimum absolute atomic E-state index is 0.748. The van der Waals surface area contributed by atoms with Gasteiger partial charge in [0.15, 0.2) is 0 Å². The van der Waals surface area contributed by atoms with Gasteiger partial charge in [-0.1, -0.05) is 27.7 Å². The summed E-state index contributed by atoms with van der Waals surface area (Å²) in [4.78, 5) is 0. The molecule has 0 spiro atoms. The number of hydrogen-bond donors (Lipinski definition) is 1. The van der Waals surface area contributed by atoms with Gasteiger partial charge in [-0.15, -0.1) is 0 Å². The molecule has 0 aliphatic heterocycles. The van der Waals surface area contributed by atoms with Crippen LogP contribution in [-0.4, -0.2) is 26.8 Å². The first-order chi connectivity index (χ1) is 8.54. The van der Waals surface area contributed by atoms with E-state index < -0.39 is 0 Å². The summed E-state index contributed by atoms with van der Waals surface area (Å²) in [5, 5.41) is 3.63. The fourth-order valence-electron chi connectivity index (χ4n) is 3.21. The summed E-state index contributed by atoms with van der Waals surface area (Å²) in [6.45, 7) is 12.5. The van der Waals surface area contributed by atoms with Crippen LogP contribution in [0.4, 0.5) is 0 Å². The highest BCUT2D eigenvalue weighted by Gasteiger charge is 2.31. The van der Waals surface area contributed by atoms with E-state index in [0.717, 1.165) is 42.7 Å². The number of rotatable bonds is 7. The molecule has 0 amide bonds. The fourth-order valence-corrected chi connectivity index (χ4v) is 3.21. The Hall–Kier alpha value is -0.0800. The molecular weight excluding hydrogens is 222 g/mol. The van der Waals surface area contributed by atoms with E-state index in [1.807, 2.05) is 7.11 Å². The highest BCUT2D eigenvalue weighted by Crippen LogP contribution is 2.37. The molecule has 108 valence electrons. The molecule has 0 saturated heterocycles. The molecule has 0 heterocycles. The van der Waals surface area contributed by atoms with Crippen molar-refractivity contribution in [3.05, 3.63) is 0 Å². The first-order valence-electron chi connectivity index (χ1n) is 7.74. The molecule has 0 aromatic carbocycles. The first kappa shape index (κ1) is 16.0. The molecule has 1 rings (SSSR count). The SMILES string of the molecule is COCC1CC(C(C)C)CCC1CNCC(C)C. The zero-order valence-corrected chi connectivity index (χ0v) is 13.0. The third-order valence-corrected chi connectivity index (χ3v) is 4.46. The van der Waals surface area contributed by atoms with Gasteiger partial charge in [0.25, 0.3) is 0 Å². The Bertz CT molecular complexity index is 213. The minimum atomic E-state index is 0.748. The third kappa shape index (κ3) is 5.27. The molecule has 1 N–H and O–H groups in total. The highest BCUT2D eigenvalue weighted by molar-refractivity contribution is 4.82. The number of ether oxygens (including phenoxy) is 1. The van der Waals surface area contributed by atoms with Crippen molar-refractivity contribution in [1.29, 1.82) is 0 Å². The van der Waals surface area contributed by atoms with E-state index in [0.29, 0.717) is 0 Å². The van der Waals surface area contributed by atoms with Crippen LogP contribution in [0.2, 0.25) is 0 Å². The second kappa shape index (κ2) is 8.16. The van der Waals surface area contributed by atoms with E-state index in [2.05, 4.69) is 33.0 Å². The van der Waals surface area contributed by atoms with Crippen molar-refractivity contribution in [3.63, 3.8) is 0 Å². The van der Waals surface area contributed by atoms with Crippen LogP contribution in [0, 0.1) is 29.6 Å². The Morgan fingerprint density at radius 3 is 2.39 bits per heavy atom. The summed E-state index contributed by atoms with van der Waals surface area (Å²) >= 11 is 0. The van der Waals surface area contributed by atoms with E-state index in [9.17, 15) is 0 Å². The van der Waals surface area contributed by atoms with Crippen LogP contribution < -0.4 is 5.32 Å². The van der Waals surface area contributed by atoms with Gasteiger partial charge in [0, 0.05) is 13.7 Å². The predicted molar refractivity (Wildman–Crippen MR) is 78.7 cm³/mol. The maximum atomic E-state index is 5.44. The minimum Gasteiger partial charge on any atom is -0.384 e. The molecular formula is C16H33NO. The van der Waals surface area contributed by atoms with Crippen molar-refractivity contribution >= 4 is 0 Å². The maximum absolute atomic E-state index is 5.44. The fraction of sp³-hybridized carbons (Fsp3) is 1.00. The zero-order valence-electron chi connectivity index (χ0n) is 13.0. The lowest BCUT2D eigenvalue weighted by Crippen LogP contribution is -2.37. The smallest absolute Gasteiger partial charge is 0.0493 e. The molecule has 3 atom stereocenters. The van der Waals surface area contributed by atoms with Gasteiger partial charge in [-0.05, 0) is 61.9 Å². The van der Waals surface area contributed by atoms with Crippen LogP contribution in [0.15, 0.2) is 0 Å². The lowest BCUT2D eigenvalue weighted by atomic mass is 9.71. The van der Waals surface area contributed by atoms with Crippen LogP contribution in [0.5, 0.6) is 0 Å². The van der Waals surface area contributed by atoms with Crippen molar-refractivity contribution in [1.82, 2.24) is 5.32 Å². The Kier molecular flexibility index (Phi) is 7.25. The van der Waals surface area contributed by atoms with Gasteiger partial charge in [-0.25, -0.2) is 0 Å². The Balaban J connectivity index is 2.40. The first-order valence-corrected chi connectivity index (χ1v) is 7.74. The summed E-state index contributed by atoms with van der Waals surface area (Å²) in [6.07, 6.45) is 4.15. The van der Waals surface area contributed by atoms with Gasteiger partial charge in [-0.3, -0.25) is 0 Å². The van der Waals surface area contributed by atoms with E-state index in [4.69, 9.17) is 4.74 Å². The summed E-state index contributed by atoms with van der Waals surface area (Å²) in [5.41, 5.74) is 0. The van der Waals surface area contributed by atoms with E-state index in [1.54, 1.807) is 0 Å². The Morgan fingerprint density at radius 1 is 1.11 bits per heavy atom. The quantitative estimate of drug-likeness (QED) is 0.751. The van der Waals surface area contributed by atoms with Crippen LogP contribution in [0.25, 0.3) is 0 Å². The number of methoxy groups -OCH3 is 1. The number of hydrogen-bond acceptors (Lipinski definition) is 2. The van der Waals surface area contributed by atoms with E-state index in [1.165, 1.54) is 25.8 Å². The van der Waals surface area contributed by atoms with Crippen molar-refractivity contribution < 1.29 is 4.74 Å². The normalized spacial score (nSPS) is 29.2. The lowest BCUT2D eigenvalue weighted by molar-refractivity contribution is 0.0622. The number of nitrogens with one attached hydrogen (secondary N) is 1. The van der Waals surface area contributed by atoms with Crippen molar-refractivity contribution in [2.75, 3.05) is 26.8 Å². The maximum Gasteiger partial charge on any atom is 0.0493 e. The van der Waals surface area contributed by atoms with Gasteiger partial charge in [-0.2, -0.15) is 0 Å². The molecule has 0 radical (unpaired) electrons. The van der Waals surface area contributed by atoms with Crippen LogP contribution in [0.3, 0.4) is 0 Å². The van der Waals surface area contributed by atoms with Gasteiger partial charge in [0.2, 0.25) is 0 Å². The van der Waals surface area contributed by atoms with Crippen LogP contribution in [-0.2, 0) is 4.74 Å². The van der Waals surface area contributed by atoms with E-state index in [-0.39, 0.29) is 0 Å². The van der Waals surface area contributed by atoms with Gasteiger partial charge < -0.3 is 10.1 Å². The standard InChI is InChI=1S/C16H33NO/c1-12(2)9-17-10-15-7-6-14(13(3)4)8-16(15)11-18-5/h12-17H,6-11H2,1-5H3. The molecule has 1 fully saturated rings. The molecule has 18 heavy (non-hydrogen) atoms. The van der Waals surface area contributed by atoms with Gasteiger partial charge >= 0.3 is 0 Å². The molecule has 1 saturated carbocycles. The lowest BCUT2D eigenvalue weighted by Gasteiger charge is -2.38. The monoisotopic (exact) mass is 255 g/mol. The van der Waals surface area contributed by atoms with Crippen molar-refractivity contribution in [3.8, 4) is 0 Å². The average molecular weight is 255 g/mol. The second-order valence-electron chi connectivity index (χ2n) is 6.84. The summed E-state index contributed by atoms with van der Waals surface area (Å²) in [6, 6.07) is 0. The summed E-state index contributed by atoms with van der Waals surface area (Å²) in [7, 11) is 1.84. The van der Waals surface area contributed by atoms with Gasteiger partial charge in [0.1, 0.15) is 0 Å². The summed E-state index contributed by atoms with van der Waals surface area (Å²) in [5.74, 6) is 4.06. The largest absolute Gasteiger partial charge is 0.384 e. The molecule has 1 aliphatic rings. The molecule has 0 bridgehead atoms. The molecule has 3 unspecified atom stereocenters. The predicted octanol–water partition coefficient (Wildman–Crippen LogP) is 3.57.